The first-order valence-electron chi connectivity index (χ1n) is 8.55. The van der Waals surface area contributed by atoms with Crippen LogP contribution in [0.1, 0.15) is 31.0 Å². The maximum Gasteiger partial charge on any atom is 0.315 e. The number of nitrogens with one attached hydrogen (secondary N) is 3. The van der Waals surface area contributed by atoms with Crippen molar-refractivity contribution in [3.05, 3.63) is 53.6 Å². The minimum atomic E-state index is -0.308. The monoisotopic (exact) mass is 371 g/mol. The van der Waals surface area contributed by atoms with Crippen LogP contribution in [0.5, 0.6) is 11.5 Å². The Bertz CT molecular complexity index is 808. The number of carbonyl (C=O) groups is 2. The van der Waals surface area contributed by atoms with E-state index in [1.54, 1.807) is 32.4 Å². The Kier molecular flexibility index (Phi) is 7.05. The molecule has 0 saturated heterocycles. The van der Waals surface area contributed by atoms with Crippen LogP contribution in [0.15, 0.2) is 42.5 Å². The molecule has 0 heterocycles. The number of benzene rings is 2. The second-order valence-electron chi connectivity index (χ2n) is 6.03. The summed E-state index contributed by atoms with van der Waals surface area (Å²) >= 11 is 0. The zero-order valence-corrected chi connectivity index (χ0v) is 16.0. The van der Waals surface area contributed by atoms with Gasteiger partial charge in [0.25, 0.3) is 0 Å². The molecule has 0 aliphatic heterocycles. The molecule has 3 amide bonds. The lowest BCUT2D eigenvalue weighted by Crippen LogP contribution is -2.36. The fourth-order valence-corrected chi connectivity index (χ4v) is 2.62. The zero-order chi connectivity index (χ0) is 19.8. The highest BCUT2D eigenvalue weighted by Gasteiger charge is 2.12. The quantitative estimate of drug-likeness (QED) is 0.697. The average Bonchev–Trinajstić information content (AvgIpc) is 2.65. The highest BCUT2D eigenvalue weighted by atomic mass is 16.5. The first kappa shape index (κ1) is 20.1. The minimum absolute atomic E-state index is 0.141. The van der Waals surface area contributed by atoms with Gasteiger partial charge >= 0.3 is 6.03 Å². The predicted molar refractivity (Wildman–Crippen MR) is 104 cm³/mol. The molecule has 27 heavy (non-hydrogen) atoms. The van der Waals surface area contributed by atoms with Crippen LogP contribution in [0.2, 0.25) is 0 Å². The van der Waals surface area contributed by atoms with Crippen LogP contribution in [0, 0.1) is 0 Å². The summed E-state index contributed by atoms with van der Waals surface area (Å²) in [6.45, 7) is 3.62. The SMILES string of the molecule is COc1ccc(OC)c(CNC(=O)N[C@H](C)c2cccc(NC(C)=O)c2)c1. The first-order valence-corrected chi connectivity index (χ1v) is 8.55. The van der Waals surface area contributed by atoms with Crippen molar-refractivity contribution >= 4 is 17.6 Å². The van der Waals surface area contributed by atoms with Crippen molar-refractivity contribution in [2.75, 3.05) is 19.5 Å². The van der Waals surface area contributed by atoms with Gasteiger partial charge in [-0.1, -0.05) is 12.1 Å². The normalized spacial score (nSPS) is 11.3. The number of methoxy groups -OCH3 is 2. The molecular weight excluding hydrogens is 346 g/mol. The summed E-state index contributed by atoms with van der Waals surface area (Å²) < 4.78 is 10.5. The van der Waals surface area contributed by atoms with Crippen LogP contribution in [0.4, 0.5) is 10.5 Å². The number of anilines is 1. The molecule has 7 heteroatoms. The van der Waals surface area contributed by atoms with Crippen LogP contribution >= 0.6 is 0 Å². The maximum atomic E-state index is 12.3. The molecule has 1 atom stereocenters. The molecule has 144 valence electrons. The molecule has 0 aliphatic carbocycles. The van der Waals surface area contributed by atoms with E-state index in [1.807, 2.05) is 31.2 Å². The van der Waals surface area contributed by atoms with Gasteiger partial charge in [-0.15, -0.1) is 0 Å². The number of urea groups is 1. The summed E-state index contributed by atoms with van der Waals surface area (Å²) in [5.74, 6) is 1.22. The van der Waals surface area contributed by atoms with Crippen LogP contribution in [0.25, 0.3) is 0 Å². The van der Waals surface area contributed by atoms with E-state index < -0.39 is 0 Å². The molecule has 0 aliphatic rings. The van der Waals surface area contributed by atoms with Gasteiger partial charge in [0.15, 0.2) is 0 Å². The van der Waals surface area contributed by atoms with Crippen molar-refractivity contribution in [2.24, 2.45) is 0 Å². The molecule has 2 rings (SSSR count). The number of rotatable bonds is 7. The predicted octanol–water partition coefficient (Wildman–Crippen LogP) is 3.22. The van der Waals surface area contributed by atoms with Gasteiger partial charge in [-0.2, -0.15) is 0 Å². The molecule has 7 nitrogen and oxygen atoms in total. The summed E-state index contributed by atoms with van der Waals surface area (Å²) in [7, 11) is 3.16. The van der Waals surface area contributed by atoms with E-state index in [9.17, 15) is 9.59 Å². The van der Waals surface area contributed by atoms with Gasteiger partial charge in [0.1, 0.15) is 11.5 Å². The molecule has 0 unspecified atom stereocenters. The highest BCUT2D eigenvalue weighted by molar-refractivity contribution is 5.88. The molecule has 0 fully saturated rings. The molecular formula is C20H25N3O4. The Labute approximate surface area is 159 Å². The van der Waals surface area contributed by atoms with Crippen molar-refractivity contribution in [1.82, 2.24) is 10.6 Å². The van der Waals surface area contributed by atoms with Crippen LogP contribution in [-0.4, -0.2) is 26.2 Å². The molecule has 0 bridgehead atoms. The number of ether oxygens (including phenoxy) is 2. The van der Waals surface area contributed by atoms with E-state index >= 15 is 0 Å². The first-order chi connectivity index (χ1) is 12.9. The third-order valence-electron chi connectivity index (χ3n) is 3.98. The topological polar surface area (TPSA) is 88.7 Å². The Morgan fingerprint density at radius 2 is 1.85 bits per heavy atom. The maximum absolute atomic E-state index is 12.3. The number of amides is 3. The van der Waals surface area contributed by atoms with Crippen molar-refractivity contribution in [3.8, 4) is 11.5 Å². The number of carbonyl (C=O) groups excluding carboxylic acids is 2. The summed E-state index contributed by atoms with van der Waals surface area (Å²) in [6, 6.07) is 12.2. The number of hydrogen-bond donors (Lipinski definition) is 3. The van der Waals surface area contributed by atoms with Gasteiger partial charge < -0.3 is 25.4 Å². The fraction of sp³-hybridized carbons (Fsp3) is 0.300. The van der Waals surface area contributed by atoms with Crippen LogP contribution in [-0.2, 0) is 11.3 Å². The van der Waals surface area contributed by atoms with E-state index in [1.165, 1.54) is 6.92 Å². The van der Waals surface area contributed by atoms with Gasteiger partial charge in [0.2, 0.25) is 5.91 Å². The Morgan fingerprint density at radius 3 is 2.52 bits per heavy atom. The van der Waals surface area contributed by atoms with E-state index in [0.717, 1.165) is 11.1 Å². The molecule has 3 N–H and O–H groups in total. The molecule has 0 radical (unpaired) electrons. The van der Waals surface area contributed by atoms with Crippen molar-refractivity contribution in [1.29, 1.82) is 0 Å². The second-order valence-corrected chi connectivity index (χ2v) is 6.03. The summed E-state index contributed by atoms with van der Waals surface area (Å²) in [4.78, 5) is 23.4. The lowest BCUT2D eigenvalue weighted by molar-refractivity contribution is -0.114. The van der Waals surface area contributed by atoms with Crippen LogP contribution in [0.3, 0.4) is 0 Å². The van der Waals surface area contributed by atoms with Crippen molar-refractivity contribution in [3.63, 3.8) is 0 Å². The largest absolute Gasteiger partial charge is 0.497 e. The van der Waals surface area contributed by atoms with Crippen molar-refractivity contribution in [2.45, 2.75) is 26.4 Å². The second kappa shape index (κ2) is 9.47. The Hall–Kier alpha value is -3.22. The van der Waals surface area contributed by atoms with Gasteiger partial charge in [-0.3, -0.25) is 4.79 Å². The zero-order valence-electron chi connectivity index (χ0n) is 16.0. The molecule has 0 aromatic heterocycles. The van der Waals surface area contributed by atoms with Gasteiger partial charge in [0.05, 0.1) is 20.3 Å². The molecule has 0 spiro atoms. The smallest absolute Gasteiger partial charge is 0.315 e. The third kappa shape index (κ3) is 5.91. The summed E-state index contributed by atoms with van der Waals surface area (Å²) in [5, 5.41) is 8.43. The van der Waals surface area contributed by atoms with Crippen molar-refractivity contribution < 1.29 is 19.1 Å². The summed E-state index contributed by atoms with van der Waals surface area (Å²) in [6.07, 6.45) is 0. The van der Waals surface area contributed by atoms with Crippen LogP contribution < -0.4 is 25.4 Å². The fourth-order valence-electron chi connectivity index (χ4n) is 2.62. The van der Waals surface area contributed by atoms with Gasteiger partial charge in [-0.05, 0) is 42.8 Å². The van der Waals surface area contributed by atoms with Gasteiger partial charge in [-0.25, -0.2) is 4.79 Å². The van der Waals surface area contributed by atoms with E-state index in [4.69, 9.17) is 9.47 Å². The molecule has 2 aromatic carbocycles. The Balaban J connectivity index is 1.97. The average molecular weight is 371 g/mol. The summed E-state index contributed by atoms with van der Waals surface area (Å²) in [5.41, 5.74) is 2.39. The Morgan fingerprint density at radius 1 is 1.07 bits per heavy atom. The van der Waals surface area contributed by atoms with E-state index in [2.05, 4.69) is 16.0 Å². The molecule has 2 aromatic rings. The van der Waals surface area contributed by atoms with E-state index in [-0.39, 0.29) is 18.0 Å². The van der Waals surface area contributed by atoms with E-state index in [0.29, 0.717) is 23.7 Å². The number of hydrogen-bond acceptors (Lipinski definition) is 4. The highest BCUT2D eigenvalue weighted by Crippen LogP contribution is 2.23. The molecule has 0 saturated carbocycles. The standard InChI is InChI=1S/C20H25N3O4/c1-13(15-6-5-7-17(10-15)23-14(2)24)22-20(25)21-12-16-11-18(26-3)8-9-19(16)27-4/h5-11,13H,12H2,1-4H3,(H,23,24)(H2,21,22,25)/t13-/m1/s1. The lowest BCUT2D eigenvalue weighted by atomic mass is 10.1. The lowest BCUT2D eigenvalue weighted by Gasteiger charge is -2.17. The van der Waals surface area contributed by atoms with Gasteiger partial charge in [0, 0.05) is 24.7 Å². The third-order valence-corrected chi connectivity index (χ3v) is 3.98. The minimum Gasteiger partial charge on any atom is -0.497 e.